The molecular weight excluding hydrogens is 329 g/mol. The first kappa shape index (κ1) is 22.0. The van der Waals surface area contributed by atoms with Crippen LogP contribution in [0.15, 0.2) is 30.3 Å². The van der Waals surface area contributed by atoms with Crippen LogP contribution in [-0.4, -0.2) is 80.3 Å². The molecule has 0 aliphatic rings. The molecule has 2 atom stereocenters. The molecule has 0 saturated carbocycles. The van der Waals surface area contributed by atoms with Crippen LogP contribution in [0.2, 0.25) is 0 Å². The molecule has 120 valence electrons. The van der Waals surface area contributed by atoms with Crippen LogP contribution in [0.4, 0.5) is 17.6 Å². The van der Waals surface area contributed by atoms with Gasteiger partial charge in [-0.15, -0.1) is 0 Å². The first-order valence-electron chi connectivity index (χ1n) is 6.30. The Balaban J connectivity index is 0.00000441. The van der Waals surface area contributed by atoms with E-state index in [1.807, 2.05) is 5.32 Å². The molecule has 3 nitrogen and oxygen atoms in total. The van der Waals surface area contributed by atoms with Gasteiger partial charge >= 0.3 is 63.5 Å². The van der Waals surface area contributed by atoms with Crippen molar-refractivity contribution in [2.45, 2.75) is 44.2 Å². The van der Waals surface area contributed by atoms with E-state index in [1.165, 1.54) is 24.3 Å². The molecule has 2 N–H and O–H groups in total. The van der Waals surface area contributed by atoms with Gasteiger partial charge in [0.15, 0.2) is 0 Å². The van der Waals surface area contributed by atoms with Crippen LogP contribution >= 0.6 is 0 Å². The fourth-order valence-electron chi connectivity index (χ4n) is 1.93. The predicted molar refractivity (Wildman–Crippen MR) is 76.8 cm³/mol. The van der Waals surface area contributed by atoms with Crippen LogP contribution in [0.3, 0.4) is 0 Å². The second-order valence-corrected chi connectivity index (χ2v) is 5.37. The van der Waals surface area contributed by atoms with E-state index in [2.05, 4.69) is 0 Å². The Kier molecular flexibility index (Phi) is 8.75. The van der Waals surface area contributed by atoms with Crippen molar-refractivity contribution in [1.82, 2.24) is 5.32 Å². The van der Waals surface area contributed by atoms with Crippen LogP contribution in [-0.2, 0) is 4.79 Å². The number of aliphatic carboxylic acids is 1. The predicted octanol–water partition coefficient (Wildman–Crippen LogP) is 2.82. The van der Waals surface area contributed by atoms with Gasteiger partial charge in [-0.2, -0.15) is 13.2 Å². The van der Waals surface area contributed by atoms with Gasteiger partial charge in [0.1, 0.15) is 17.8 Å². The summed E-state index contributed by atoms with van der Waals surface area (Å²) in [6.45, 7) is 2.24. The Morgan fingerprint density at radius 1 is 1.18 bits per heavy atom. The summed E-state index contributed by atoms with van der Waals surface area (Å²) in [5.74, 6) is -1.52. The summed E-state index contributed by atoms with van der Waals surface area (Å²) in [6.07, 6.45) is -5.25. The number of rotatable bonds is 6. The molecule has 0 aliphatic carbocycles. The van der Waals surface area contributed by atoms with E-state index >= 15 is 0 Å². The Morgan fingerprint density at radius 2 is 1.68 bits per heavy atom. The van der Waals surface area contributed by atoms with Gasteiger partial charge < -0.3 is 5.11 Å². The summed E-state index contributed by atoms with van der Waals surface area (Å²) in [5, 5.41) is 11.0. The molecule has 1 rings (SSSR count). The maximum atomic E-state index is 13.6. The molecule has 0 heterocycles. The van der Waals surface area contributed by atoms with E-state index in [0.29, 0.717) is 0 Å². The minimum atomic E-state index is -4.69. The van der Waals surface area contributed by atoms with Gasteiger partial charge in [0, 0.05) is 6.42 Å². The number of benzene rings is 1. The molecule has 8 heteroatoms. The fourth-order valence-corrected chi connectivity index (χ4v) is 1.93. The SMILES string of the molecule is CC(C)(F)C[C@H](NC(c1ccccc1)C(F)(F)F)C(=O)O.[KH]. The van der Waals surface area contributed by atoms with Crippen molar-refractivity contribution < 1.29 is 27.5 Å². The molecule has 0 spiro atoms. The second-order valence-electron chi connectivity index (χ2n) is 5.37. The van der Waals surface area contributed by atoms with Crippen LogP contribution < -0.4 is 5.32 Å². The summed E-state index contributed by atoms with van der Waals surface area (Å²) in [4.78, 5) is 11.1. The maximum absolute atomic E-state index is 13.6. The van der Waals surface area contributed by atoms with Gasteiger partial charge in [-0.25, -0.2) is 4.39 Å². The topological polar surface area (TPSA) is 49.3 Å². The second kappa shape index (κ2) is 8.75. The minimum absolute atomic E-state index is 0. The van der Waals surface area contributed by atoms with Gasteiger partial charge in [-0.05, 0) is 19.4 Å². The Morgan fingerprint density at radius 3 is 2.05 bits per heavy atom. The number of hydrogen-bond donors (Lipinski definition) is 2. The van der Waals surface area contributed by atoms with Gasteiger partial charge in [-0.3, -0.25) is 10.1 Å². The van der Waals surface area contributed by atoms with Crippen LogP contribution in [0.5, 0.6) is 0 Å². The number of alkyl halides is 4. The summed E-state index contributed by atoms with van der Waals surface area (Å²) >= 11 is 0. The third-order valence-electron chi connectivity index (χ3n) is 2.82. The van der Waals surface area contributed by atoms with Crippen molar-refractivity contribution in [2.75, 3.05) is 0 Å². The summed E-state index contributed by atoms with van der Waals surface area (Å²) in [5.41, 5.74) is -2.02. The fraction of sp³-hybridized carbons (Fsp3) is 0.500. The molecule has 0 radical (unpaired) electrons. The van der Waals surface area contributed by atoms with Gasteiger partial charge in [0.05, 0.1) is 0 Å². The summed E-state index contributed by atoms with van der Waals surface area (Å²) < 4.78 is 52.9. The van der Waals surface area contributed by atoms with Crippen molar-refractivity contribution in [2.24, 2.45) is 0 Å². The summed E-state index contributed by atoms with van der Waals surface area (Å²) in [7, 11) is 0. The molecule has 1 aromatic carbocycles. The first-order valence-corrected chi connectivity index (χ1v) is 6.30. The standard InChI is InChI=1S/C14H17F4NO2.K.H/c1-13(2,15)8-10(12(20)21)19-11(14(16,17)18)9-6-4-3-5-7-9;;/h3-7,10-11,19H,8H2,1-2H3,(H,20,21);;/t10-,11?;;/m0../s1. The van der Waals surface area contributed by atoms with E-state index in [9.17, 15) is 22.4 Å². The zero-order chi connectivity index (χ0) is 16.3. The summed E-state index contributed by atoms with van der Waals surface area (Å²) in [6, 6.07) is 3.07. The molecule has 0 fully saturated rings. The number of hydrogen-bond acceptors (Lipinski definition) is 2. The van der Waals surface area contributed by atoms with E-state index in [0.717, 1.165) is 13.8 Å². The van der Waals surface area contributed by atoms with Gasteiger partial charge in [0.2, 0.25) is 0 Å². The van der Waals surface area contributed by atoms with Crippen molar-refractivity contribution in [3.63, 3.8) is 0 Å². The Hall–Kier alpha value is 0.00636. The molecule has 1 unspecified atom stereocenters. The number of carbonyl (C=O) groups is 1. The zero-order valence-electron chi connectivity index (χ0n) is 11.6. The van der Waals surface area contributed by atoms with Crippen LogP contribution in [0.1, 0.15) is 31.9 Å². The Bertz CT molecular complexity index is 474. The third-order valence-corrected chi connectivity index (χ3v) is 2.82. The monoisotopic (exact) mass is 347 g/mol. The first-order chi connectivity index (χ1) is 9.50. The van der Waals surface area contributed by atoms with Crippen molar-refractivity contribution in [1.29, 1.82) is 0 Å². The Labute approximate surface area is 168 Å². The quantitative estimate of drug-likeness (QED) is 0.615. The van der Waals surface area contributed by atoms with Gasteiger partial charge in [-0.1, -0.05) is 30.3 Å². The number of carboxylic acid groups (broad SMARTS) is 1. The van der Waals surface area contributed by atoms with E-state index < -0.39 is 36.3 Å². The molecule has 0 bridgehead atoms. The normalized spacial score (nSPS) is 14.8. The average Bonchev–Trinajstić information content (AvgIpc) is 2.32. The molecular formula is C14H18F4KNO2. The van der Waals surface area contributed by atoms with Crippen LogP contribution in [0, 0.1) is 0 Å². The molecule has 0 aliphatic heterocycles. The van der Waals surface area contributed by atoms with Gasteiger partial charge in [0.25, 0.3) is 0 Å². The molecule has 0 aromatic heterocycles. The number of nitrogens with one attached hydrogen (secondary N) is 1. The molecule has 0 amide bonds. The van der Waals surface area contributed by atoms with Crippen LogP contribution in [0.25, 0.3) is 0 Å². The third kappa shape index (κ3) is 7.52. The molecule has 22 heavy (non-hydrogen) atoms. The molecule has 0 saturated heterocycles. The number of carboxylic acids is 1. The average molecular weight is 347 g/mol. The van der Waals surface area contributed by atoms with E-state index in [4.69, 9.17) is 5.11 Å². The van der Waals surface area contributed by atoms with Crippen molar-refractivity contribution in [3.8, 4) is 0 Å². The van der Waals surface area contributed by atoms with Crippen molar-refractivity contribution >= 4 is 57.4 Å². The molecule has 1 aromatic rings. The van der Waals surface area contributed by atoms with Crippen molar-refractivity contribution in [3.05, 3.63) is 35.9 Å². The number of halogens is 4. The van der Waals surface area contributed by atoms with E-state index in [-0.39, 0.29) is 56.9 Å². The zero-order valence-corrected chi connectivity index (χ0v) is 11.6. The van der Waals surface area contributed by atoms with E-state index in [1.54, 1.807) is 6.07 Å².